The molecule has 2 atom stereocenters. The highest BCUT2D eigenvalue weighted by Gasteiger charge is 2.22. The Labute approximate surface area is 114 Å². The summed E-state index contributed by atoms with van der Waals surface area (Å²) in [6, 6.07) is -1.63. The number of nitrogens with one attached hydrogen (secondary N) is 2. The van der Waals surface area contributed by atoms with E-state index in [-0.39, 0.29) is 18.4 Å². The number of carbonyl (C=O) groups is 2. The maximum atomic E-state index is 11.8. The van der Waals surface area contributed by atoms with Crippen molar-refractivity contribution >= 4 is 12.0 Å². The molecule has 0 aliphatic rings. The van der Waals surface area contributed by atoms with E-state index in [0.29, 0.717) is 6.54 Å². The Morgan fingerprint density at radius 1 is 1.32 bits per heavy atom. The molecule has 0 rings (SSSR count). The monoisotopic (exact) mass is 269 g/mol. The predicted molar refractivity (Wildman–Crippen MR) is 73.7 cm³/mol. The second-order valence-corrected chi connectivity index (χ2v) is 5.03. The second-order valence-electron chi connectivity index (χ2n) is 5.03. The minimum atomic E-state index is -1.14. The summed E-state index contributed by atoms with van der Waals surface area (Å²) in [6.45, 7) is 4.66. The topological polar surface area (TPSA) is 81.7 Å². The van der Waals surface area contributed by atoms with Gasteiger partial charge in [-0.25, -0.2) is 9.59 Å². The van der Waals surface area contributed by atoms with Crippen LogP contribution < -0.4 is 10.6 Å². The lowest BCUT2D eigenvalue weighted by Crippen LogP contribution is -2.52. The SMILES string of the molecule is C#CCC(NC(=O)NC(CN(C)C)C(C)C)C(=O)O. The molecule has 0 aromatic rings. The van der Waals surface area contributed by atoms with Crippen LogP contribution in [-0.2, 0) is 4.79 Å². The molecule has 0 aromatic carbocycles. The van der Waals surface area contributed by atoms with Gasteiger partial charge in [0.15, 0.2) is 0 Å². The summed E-state index contributed by atoms with van der Waals surface area (Å²) < 4.78 is 0. The van der Waals surface area contributed by atoms with E-state index in [2.05, 4.69) is 16.6 Å². The van der Waals surface area contributed by atoms with Crippen LogP contribution in [0.25, 0.3) is 0 Å². The summed E-state index contributed by atoms with van der Waals surface area (Å²) in [5, 5.41) is 14.0. The molecule has 0 aliphatic heterocycles. The number of rotatable bonds is 7. The number of amides is 2. The first-order chi connectivity index (χ1) is 8.77. The lowest BCUT2D eigenvalue weighted by atomic mass is 10.0. The summed E-state index contributed by atoms with van der Waals surface area (Å²) in [6.07, 6.45) is 5.03. The van der Waals surface area contributed by atoms with Crippen LogP contribution in [0.4, 0.5) is 4.79 Å². The van der Waals surface area contributed by atoms with Gasteiger partial charge in [0.05, 0.1) is 0 Å². The van der Waals surface area contributed by atoms with Crippen LogP contribution >= 0.6 is 0 Å². The van der Waals surface area contributed by atoms with E-state index in [1.165, 1.54) is 0 Å². The summed E-state index contributed by atoms with van der Waals surface area (Å²) >= 11 is 0. The standard InChI is InChI=1S/C13H23N3O3/c1-6-7-10(12(17)18)14-13(19)15-11(9(2)3)8-16(4)5/h1,9-11H,7-8H2,2-5H3,(H,17,18)(H2,14,15,19). The molecule has 0 bridgehead atoms. The average molecular weight is 269 g/mol. The molecule has 0 spiro atoms. The first-order valence-electron chi connectivity index (χ1n) is 6.16. The Morgan fingerprint density at radius 3 is 2.26 bits per heavy atom. The number of urea groups is 1. The first-order valence-corrected chi connectivity index (χ1v) is 6.16. The summed E-state index contributed by atoms with van der Waals surface area (Å²) in [4.78, 5) is 24.6. The molecule has 0 aliphatic carbocycles. The van der Waals surface area contributed by atoms with Gasteiger partial charge in [-0.1, -0.05) is 13.8 Å². The second kappa shape index (κ2) is 8.38. The van der Waals surface area contributed by atoms with E-state index in [0.717, 1.165) is 0 Å². The van der Waals surface area contributed by atoms with Gasteiger partial charge in [-0.3, -0.25) is 0 Å². The van der Waals surface area contributed by atoms with Crippen LogP contribution in [0, 0.1) is 18.3 Å². The number of hydrogen-bond donors (Lipinski definition) is 3. The van der Waals surface area contributed by atoms with Gasteiger partial charge in [0.2, 0.25) is 0 Å². The van der Waals surface area contributed by atoms with Gasteiger partial charge in [-0.05, 0) is 20.0 Å². The molecule has 0 heterocycles. The van der Waals surface area contributed by atoms with E-state index in [1.54, 1.807) is 0 Å². The van der Waals surface area contributed by atoms with E-state index in [4.69, 9.17) is 11.5 Å². The maximum absolute atomic E-state index is 11.8. The van der Waals surface area contributed by atoms with E-state index >= 15 is 0 Å². The van der Waals surface area contributed by atoms with Gasteiger partial charge >= 0.3 is 12.0 Å². The molecular formula is C13H23N3O3. The predicted octanol–water partition coefficient (Wildman–Crippen LogP) is 0.348. The Kier molecular flexibility index (Phi) is 7.61. The zero-order valence-corrected chi connectivity index (χ0v) is 11.9. The summed E-state index contributed by atoms with van der Waals surface area (Å²) in [5.41, 5.74) is 0. The quantitative estimate of drug-likeness (QED) is 0.582. The van der Waals surface area contributed by atoms with E-state index in [9.17, 15) is 9.59 Å². The Hall–Kier alpha value is -1.74. The molecule has 0 saturated heterocycles. The number of carboxylic acid groups (broad SMARTS) is 1. The van der Waals surface area contributed by atoms with Crippen LogP contribution in [0.3, 0.4) is 0 Å². The van der Waals surface area contributed by atoms with E-state index < -0.39 is 18.0 Å². The third kappa shape index (κ3) is 7.32. The van der Waals surface area contributed by atoms with Crippen molar-refractivity contribution in [2.24, 2.45) is 5.92 Å². The third-order valence-electron chi connectivity index (χ3n) is 2.61. The number of aliphatic carboxylic acids is 1. The molecule has 0 aromatic heterocycles. The average Bonchev–Trinajstić information content (AvgIpc) is 2.26. The molecule has 2 unspecified atom stereocenters. The van der Waals surface area contributed by atoms with Crippen molar-refractivity contribution in [3.8, 4) is 12.3 Å². The highest BCUT2D eigenvalue weighted by molar-refractivity contribution is 5.82. The van der Waals surface area contributed by atoms with Crippen molar-refractivity contribution in [3.05, 3.63) is 0 Å². The molecule has 6 heteroatoms. The fourth-order valence-corrected chi connectivity index (χ4v) is 1.50. The first kappa shape index (κ1) is 17.3. The fraction of sp³-hybridized carbons (Fsp3) is 0.692. The normalized spacial score (nSPS) is 13.7. The third-order valence-corrected chi connectivity index (χ3v) is 2.61. The van der Waals surface area contributed by atoms with Crippen molar-refractivity contribution in [2.45, 2.75) is 32.4 Å². The van der Waals surface area contributed by atoms with Crippen molar-refractivity contribution in [1.29, 1.82) is 0 Å². The van der Waals surface area contributed by atoms with Gasteiger partial charge in [0.1, 0.15) is 6.04 Å². The van der Waals surface area contributed by atoms with Crippen LogP contribution in [-0.4, -0.2) is 54.7 Å². The number of hydrogen-bond acceptors (Lipinski definition) is 3. The number of carbonyl (C=O) groups excluding carboxylic acids is 1. The molecular weight excluding hydrogens is 246 g/mol. The number of likely N-dealkylation sites (N-methyl/N-ethyl adjacent to an activating group) is 1. The zero-order valence-electron chi connectivity index (χ0n) is 11.9. The lowest BCUT2D eigenvalue weighted by Gasteiger charge is -2.26. The molecule has 2 amide bonds. The fourth-order valence-electron chi connectivity index (χ4n) is 1.50. The van der Waals surface area contributed by atoms with E-state index in [1.807, 2.05) is 32.8 Å². The molecule has 3 N–H and O–H groups in total. The summed E-state index contributed by atoms with van der Waals surface area (Å²) in [5.74, 6) is 1.33. The molecule has 0 radical (unpaired) electrons. The van der Waals surface area contributed by atoms with Gasteiger partial charge in [0, 0.05) is 19.0 Å². The number of nitrogens with zero attached hydrogens (tertiary/aromatic N) is 1. The number of carboxylic acids is 1. The van der Waals surface area contributed by atoms with Crippen LogP contribution in [0.15, 0.2) is 0 Å². The molecule has 108 valence electrons. The lowest BCUT2D eigenvalue weighted by molar-refractivity contribution is -0.139. The number of terminal acetylenes is 1. The molecule has 0 saturated carbocycles. The Balaban J connectivity index is 4.48. The van der Waals surface area contributed by atoms with Crippen LogP contribution in [0.1, 0.15) is 20.3 Å². The Bertz CT molecular complexity index is 348. The minimum absolute atomic E-state index is 0.0389. The Morgan fingerprint density at radius 2 is 1.89 bits per heavy atom. The van der Waals surface area contributed by atoms with Gasteiger partial charge in [-0.15, -0.1) is 12.3 Å². The maximum Gasteiger partial charge on any atom is 0.327 e. The van der Waals surface area contributed by atoms with Gasteiger partial charge in [0.25, 0.3) is 0 Å². The minimum Gasteiger partial charge on any atom is -0.480 e. The highest BCUT2D eigenvalue weighted by Crippen LogP contribution is 2.02. The van der Waals surface area contributed by atoms with Crippen LogP contribution in [0.5, 0.6) is 0 Å². The summed E-state index contributed by atoms with van der Waals surface area (Å²) in [7, 11) is 3.82. The largest absolute Gasteiger partial charge is 0.480 e. The van der Waals surface area contributed by atoms with Gasteiger partial charge in [-0.2, -0.15) is 0 Å². The molecule has 19 heavy (non-hydrogen) atoms. The smallest absolute Gasteiger partial charge is 0.327 e. The van der Waals surface area contributed by atoms with Gasteiger partial charge < -0.3 is 20.6 Å². The van der Waals surface area contributed by atoms with Crippen molar-refractivity contribution in [3.63, 3.8) is 0 Å². The van der Waals surface area contributed by atoms with Crippen LogP contribution in [0.2, 0.25) is 0 Å². The van der Waals surface area contributed by atoms with Crippen molar-refractivity contribution in [2.75, 3.05) is 20.6 Å². The molecule has 0 fully saturated rings. The zero-order chi connectivity index (χ0) is 15.0. The molecule has 6 nitrogen and oxygen atoms in total. The van der Waals surface area contributed by atoms with Crippen molar-refractivity contribution < 1.29 is 14.7 Å². The van der Waals surface area contributed by atoms with Crippen molar-refractivity contribution in [1.82, 2.24) is 15.5 Å². The highest BCUT2D eigenvalue weighted by atomic mass is 16.4.